The summed E-state index contributed by atoms with van der Waals surface area (Å²) < 4.78 is 6.07. The number of thioether (sulfide) groups is 1. The minimum absolute atomic E-state index is 0.00800. The molecule has 0 aliphatic carbocycles. The highest BCUT2D eigenvalue weighted by molar-refractivity contribution is 7.99. The van der Waals surface area contributed by atoms with E-state index in [0.29, 0.717) is 16.5 Å². The Labute approximate surface area is 272 Å². The number of fused-ring (bicyclic) bond motifs is 2. The first-order chi connectivity index (χ1) is 20.0. The second-order valence-electron chi connectivity index (χ2n) is 14.1. The number of nitrogens with zero attached hydrogens (tertiary/aromatic N) is 3. The van der Waals surface area contributed by atoms with Crippen molar-refractivity contribution in [3.8, 4) is 0 Å². The van der Waals surface area contributed by atoms with Crippen molar-refractivity contribution in [2.24, 2.45) is 5.41 Å². The highest BCUT2D eigenvalue weighted by Gasteiger charge is 2.46. The van der Waals surface area contributed by atoms with Crippen molar-refractivity contribution in [1.29, 1.82) is 0 Å². The van der Waals surface area contributed by atoms with Crippen molar-refractivity contribution in [2.45, 2.75) is 82.4 Å². The van der Waals surface area contributed by atoms with E-state index in [9.17, 15) is 9.59 Å². The van der Waals surface area contributed by atoms with Gasteiger partial charge in [-0.15, -0.1) is 11.8 Å². The van der Waals surface area contributed by atoms with E-state index in [1.54, 1.807) is 22.9 Å². The summed E-state index contributed by atoms with van der Waals surface area (Å²) in [5, 5.41) is 0.844. The molecule has 1 saturated heterocycles. The maximum atomic E-state index is 13.7. The fourth-order valence-corrected chi connectivity index (χ4v) is 8.20. The third-order valence-electron chi connectivity index (χ3n) is 8.77. The number of hydrogen-bond donors (Lipinski definition) is 0. The van der Waals surface area contributed by atoms with Crippen LogP contribution < -0.4 is 0 Å². The minimum Gasteiger partial charge on any atom is -0.444 e. The van der Waals surface area contributed by atoms with Crippen molar-refractivity contribution in [3.63, 3.8) is 0 Å². The smallest absolute Gasteiger partial charge is 0.410 e. The maximum Gasteiger partial charge on any atom is 0.410 e. The Hall–Kier alpha value is -1.93. The van der Waals surface area contributed by atoms with Crippen molar-refractivity contribution in [2.75, 3.05) is 40.3 Å². The first-order valence-electron chi connectivity index (χ1n) is 15.1. The van der Waals surface area contributed by atoms with Crippen LogP contribution in [0.2, 0.25) is 10.0 Å². The lowest BCUT2D eigenvalue weighted by atomic mass is 9.82. The molecule has 0 aromatic heterocycles. The Morgan fingerprint density at radius 1 is 0.977 bits per heavy atom. The quantitative estimate of drug-likeness (QED) is 0.303. The Balaban J connectivity index is 1.67. The van der Waals surface area contributed by atoms with Crippen LogP contribution in [-0.4, -0.2) is 72.6 Å². The fourth-order valence-electron chi connectivity index (χ4n) is 6.39. The zero-order valence-corrected chi connectivity index (χ0v) is 29.3. The van der Waals surface area contributed by atoms with Crippen molar-refractivity contribution < 1.29 is 14.3 Å². The van der Waals surface area contributed by atoms with Gasteiger partial charge in [0, 0.05) is 43.1 Å². The highest BCUT2D eigenvalue weighted by Crippen LogP contribution is 2.53. The van der Waals surface area contributed by atoms with Crippen molar-refractivity contribution in [3.05, 3.63) is 69.2 Å². The van der Waals surface area contributed by atoms with Gasteiger partial charge in [0.1, 0.15) is 5.60 Å². The first kappa shape index (κ1) is 34.0. The summed E-state index contributed by atoms with van der Waals surface area (Å²) in [4.78, 5) is 33.1. The molecule has 2 aromatic carbocycles. The average Bonchev–Trinajstić information content (AvgIpc) is 3.29. The zero-order chi connectivity index (χ0) is 31.8. The number of amides is 2. The predicted octanol–water partition coefficient (Wildman–Crippen LogP) is 8.19. The van der Waals surface area contributed by atoms with E-state index in [-0.39, 0.29) is 17.2 Å². The van der Waals surface area contributed by atoms with E-state index in [1.807, 2.05) is 60.7 Å². The summed E-state index contributed by atoms with van der Waals surface area (Å²) in [5.74, 6) is 1.07. The molecule has 2 heterocycles. The summed E-state index contributed by atoms with van der Waals surface area (Å²) >= 11 is 15.0. The minimum atomic E-state index is -0.921. The van der Waals surface area contributed by atoms with Crippen LogP contribution in [0.4, 0.5) is 4.79 Å². The Bertz CT molecular complexity index is 1330. The van der Waals surface area contributed by atoms with E-state index >= 15 is 0 Å². The molecule has 0 saturated carbocycles. The number of likely N-dealkylation sites (N-methyl/N-ethyl adjacent to an activating group) is 2. The third-order valence-corrected chi connectivity index (χ3v) is 11.1. The first-order valence-corrected chi connectivity index (χ1v) is 16.8. The normalized spacial score (nSPS) is 18.2. The largest absolute Gasteiger partial charge is 0.444 e. The molecule has 2 aliphatic rings. The molecule has 1 spiro atoms. The molecule has 9 heteroatoms. The van der Waals surface area contributed by atoms with Crippen molar-refractivity contribution >= 4 is 47.0 Å². The van der Waals surface area contributed by atoms with Crippen molar-refractivity contribution in [1.82, 2.24) is 14.7 Å². The van der Waals surface area contributed by atoms with Gasteiger partial charge in [-0.1, -0.05) is 74.3 Å². The second kappa shape index (κ2) is 12.8. The molecule has 1 atom stereocenters. The van der Waals surface area contributed by atoms with Gasteiger partial charge in [0.2, 0.25) is 5.91 Å². The van der Waals surface area contributed by atoms with Crippen LogP contribution in [0.15, 0.2) is 42.5 Å². The molecule has 0 N–H and O–H groups in total. The summed E-state index contributed by atoms with van der Waals surface area (Å²) in [6, 6.07) is 14.4. The molecule has 0 unspecified atom stereocenters. The Morgan fingerprint density at radius 3 is 2.23 bits per heavy atom. The molecule has 43 heavy (non-hydrogen) atoms. The maximum absolute atomic E-state index is 13.7. The number of halogens is 2. The lowest BCUT2D eigenvalue weighted by Crippen LogP contribution is -2.57. The monoisotopic (exact) mass is 647 g/mol. The molecule has 2 aromatic rings. The summed E-state index contributed by atoms with van der Waals surface area (Å²) in [5.41, 5.74) is 1.59. The van der Waals surface area contributed by atoms with Gasteiger partial charge in [-0.05, 0) is 81.9 Å². The molecule has 0 radical (unpaired) electrons. The van der Waals surface area contributed by atoms with Gasteiger partial charge in [0.05, 0.1) is 15.6 Å². The number of likely N-dealkylation sites (tertiary alicyclic amines) is 1. The van der Waals surface area contributed by atoms with E-state index in [0.717, 1.165) is 43.8 Å². The molecule has 4 rings (SSSR count). The summed E-state index contributed by atoms with van der Waals surface area (Å²) in [6.07, 6.45) is 2.29. The SMILES string of the molecule is CN(C[C@](CCN1CCC2(CC1)SCc1ccccc12)(c1ccc(Cl)c(Cl)c1)N(C)C(=O)OC(C)(C)C)C(=O)C(C)(C)C. The van der Waals surface area contributed by atoms with Gasteiger partial charge in [0.25, 0.3) is 0 Å². The average molecular weight is 649 g/mol. The van der Waals surface area contributed by atoms with Crippen LogP contribution >= 0.6 is 35.0 Å². The highest BCUT2D eigenvalue weighted by atomic mass is 35.5. The summed E-state index contributed by atoms with van der Waals surface area (Å²) in [6.45, 7) is 14.3. The van der Waals surface area contributed by atoms with Crippen LogP contribution in [-0.2, 0) is 25.6 Å². The lowest BCUT2D eigenvalue weighted by Gasteiger charge is -2.47. The van der Waals surface area contributed by atoms with E-state index in [4.69, 9.17) is 27.9 Å². The van der Waals surface area contributed by atoms with Gasteiger partial charge in [-0.2, -0.15) is 0 Å². The Kier molecular flexibility index (Phi) is 10.1. The number of carbonyl (C=O) groups excluding carboxylic acids is 2. The van der Waals surface area contributed by atoms with E-state index in [1.165, 1.54) is 11.1 Å². The molecule has 6 nitrogen and oxygen atoms in total. The number of piperidine rings is 1. The third kappa shape index (κ3) is 7.49. The van der Waals surface area contributed by atoms with Crippen LogP contribution in [0.3, 0.4) is 0 Å². The molecule has 2 aliphatic heterocycles. The lowest BCUT2D eigenvalue weighted by molar-refractivity contribution is -0.140. The predicted molar refractivity (Wildman–Crippen MR) is 179 cm³/mol. The zero-order valence-electron chi connectivity index (χ0n) is 26.9. The number of carbonyl (C=O) groups is 2. The number of hydrogen-bond acceptors (Lipinski definition) is 5. The standard InChI is InChI=1S/C34H47Cl2N3O3S/c1-31(2,3)29(40)37(7)23-33(25-13-14-27(35)28(36)21-25,38(8)30(41)42-32(4,5)6)15-18-39-19-16-34(17-20-39)26-12-10-9-11-24(26)22-43-34/h9-14,21H,15-20,22-23H2,1-8H3/t33-/m1/s1. The van der Waals surface area contributed by atoms with Gasteiger partial charge in [-0.3, -0.25) is 9.69 Å². The molecular weight excluding hydrogens is 601 g/mol. The number of ether oxygens (including phenoxy) is 1. The van der Waals surface area contributed by atoms with Crippen LogP contribution in [0.1, 0.15) is 77.5 Å². The molecule has 236 valence electrons. The second-order valence-corrected chi connectivity index (χ2v) is 16.3. The van der Waals surface area contributed by atoms with Gasteiger partial charge in [-0.25, -0.2) is 4.79 Å². The van der Waals surface area contributed by atoms with Crippen LogP contribution in [0.5, 0.6) is 0 Å². The van der Waals surface area contributed by atoms with Gasteiger partial charge >= 0.3 is 6.09 Å². The van der Waals surface area contributed by atoms with E-state index in [2.05, 4.69) is 40.9 Å². The molecule has 1 fully saturated rings. The molecular formula is C34H47Cl2N3O3S. The molecule has 0 bridgehead atoms. The van der Waals surface area contributed by atoms with Crippen LogP contribution in [0.25, 0.3) is 0 Å². The van der Waals surface area contributed by atoms with Gasteiger partial charge in [0.15, 0.2) is 0 Å². The van der Waals surface area contributed by atoms with Crippen LogP contribution in [0, 0.1) is 5.41 Å². The topological polar surface area (TPSA) is 53.1 Å². The van der Waals surface area contributed by atoms with Gasteiger partial charge < -0.3 is 14.5 Å². The molecule has 2 amide bonds. The fraction of sp³-hybridized carbons (Fsp3) is 0.588. The number of rotatable bonds is 7. The number of benzene rings is 2. The Morgan fingerprint density at radius 2 is 1.63 bits per heavy atom. The summed E-state index contributed by atoms with van der Waals surface area (Å²) in [7, 11) is 3.57. The van der Waals surface area contributed by atoms with E-state index < -0.39 is 22.6 Å².